The third-order valence-corrected chi connectivity index (χ3v) is 4.11. The van der Waals surface area contributed by atoms with Gasteiger partial charge in [-0.25, -0.2) is 4.98 Å². The number of nitrogen functional groups attached to an aromatic ring is 1. The number of ether oxygens (including phenoxy) is 2. The van der Waals surface area contributed by atoms with Crippen LogP contribution in [0.5, 0.6) is 11.5 Å². The van der Waals surface area contributed by atoms with E-state index in [1.54, 1.807) is 13.4 Å². The molecule has 1 atom stereocenters. The zero-order valence-electron chi connectivity index (χ0n) is 13.2. The van der Waals surface area contributed by atoms with Gasteiger partial charge in [-0.15, -0.1) is 0 Å². The summed E-state index contributed by atoms with van der Waals surface area (Å²) in [5, 5.41) is 3.33. The fourth-order valence-corrected chi connectivity index (χ4v) is 2.97. The number of nitrogens with two attached hydrogens (primary N) is 1. The van der Waals surface area contributed by atoms with Crippen molar-refractivity contribution in [2.24, 2.45) is 5.92 Å². The monoisotopic (exact) mass is 326 g/mol. The summed E-state index contributed by atoms with van der Waals surface area (Å²) in [7, 11) is 1.65. The Kier molecular flexibility index (Phi) is 3.56. The molecule has 0 spiro atoms. The third kappa shape index (κ3) is 2.55. The second kappa shape index (κ2) is 5.88. The van der Waals surface area contributed by atoms with Crippen LogP contribution in [-0.2, 0) is 6.42 Å². The average molecular weight is 326 g/mol. The highest BCUT2D eigenvalue weighted by Gasteiger charge is 2.23. The number of aromatic amines is 1. The number of methoxy groups -OCH3 is 1. The largest absolute Gasteiger partial charge is 0.493 e. The molecule has 0 fully saturated rings. The van der Waals surface area contributed by atoms with E-state index in [1.165, 1.54) is 0 Å². The number of benzene rings is 1. The van der Waals surface area contributed by atoms with Crippen molar-refractivity contribution in [3.63, 3.8) is 0 Å². The molecule has 2 aromatic heterocycles. The minimum Gasteiger partial charge on any atom is -0.493 e. The van der Waals surface area contributed by atoms with E-state index in [0.29, 0.717) is 30.5 Å². The number of H-pyrrole nitrogens is 1. The van der Waals surface area contributed by atoms with Gasteiger partial charge in [-0.3, -0.25) is 0 Å². The first-order valence-corrected chi connectivity index (χ1v) is 7.73. The van der Waals surface area contributed by atoms with Crippen molar-refractivity contribution in [3.05, 3.63) is 30.1 Å². The predicted molar refractivity (Wildman–Crippen MR) is 90.3 cm³/mol. The Hall–Kier alpha value is -3.03. The molecule has 3 heterocycles. The number of anilines is 2. The molecule has 0 amide bonds. The molecule has 4 rings (SSSR count). The smallest absolute Gasteiger partial charge is 0.224 e. The average Bonchev–Trinajstić information content (AvgIpc) is 3.07. The molecule has 1 aliphatic rings. The molecule has 1 unspecified atom stereocenters. The number of para-hydroxylation sites is 1. The van der Waals surface area contributed by atoms with Gasteiger partial charge >= 0.3 is 0 Å². The van der Waals surface area contributed by atoms with Gasteiger partial charge in [0, 0.05) is 12.5 Å². The number of nitrogens with zero attached hydrogens (tertiary/aromatic N) is 3. The number of rotatable bonds is 4. The molecule has 0 saturated heterocycles. The van der Waals surface area contributed by atoms with E-state index in [-0.39, 0.29) is 5.95 Å². The van der Waals surface area contributed by atoms with Crippen molar-refractivity contribution in [1.82, 2.24) is 19.9 Å². The van der Waals surface area contributed by atoms with Crippen molar-refractivity contribution in [2.75, 3.05) is 31.3 Å². The summed E-state index contributed by atoms with van der Waals surface area (Å²) in [6.45, 7) is 1.33. The van der Waals surface area contributed by atoms with E-state index >= 15 is 0 Å². The Morgan fingerprint density at radius 3 is 3.21 bits per heavy atom. The van der Waals surface area contributed by atoms with Crippen molar-refractivity contribution >= 4 is 22.9 Å². The molecule has 8 nitrogen and oxygen atoms in total. The summed E-state index contributed by atoms with van der Waals surface area (Å²) in [6, 6.07) is 5.96. The van der Waals surface area contributed by atoms with Gasteiger partial charge in [0.05, 0.1) is 20.0 Å². The Balaban J connectivity index is 1.49. The van der Waals surface area contributed by atoms with Gasteiger partial charge in [0.15, 0.2) is 23.0 Å². The zero-order valence-corrected chi connectivity index (χ0v) is 13.2. The number of hydrogen-bond acceptors (Lipinski definition) is 7. The van der Waals surface area contributed by atoms with E-state index in [9.17, 15) is 0 Å². The lowest BCUT2D eigenvalue weighted by Crippen LogP contribution is -2.27. The number of aromatic nitrogens is 4. The Morgan fingerprint density at radius 2 is 2.33 bits per heavy atom. The SMILES string of the molecule is COc1cccc2c1OCC(CNc1nc(N)nc3nc[nH]c13)C2. The van der Waals surface area contributed by atoms with E-state index in [0.717, 1.165) is 29.0 Å². The van der Waals surface area contributed by atoms with Crippen LogP contribution in [0.2, 0.25) is 0 Å². The number of nitrogens with one attached hydrogen (secondary N) is 2. The Labute approximate surface area is 138 Å². The normalized spacial score (nSPS) is 16.5. The van der Waals surface area contributed by atoms with Crippen LogP contribution in [0, 0.1) is 5.92 Å². The van der Waals surface area contributed by atoms with Gasteiger partial charge in [-0.2, -0.15) is 9.97 Å². The van der Waals surface area contributed by atoms with Crippen molar-refractivity contribution in [1.29, 1.82) is 0 Å². The molecule has 0 saturated carbocycles. The summed E-state index contributed by atoms with van der Waals surface area (Å²) < 4.78 is 11.2. The maximum atomic E-state index is 5.90. The highest BCUT2D eigenvalue weighted by molar-refractivity contribution is 5.83. The van der Waals surface area contributed by atoms with Crippen LogP contribution in [0.25, 0.3) is 11.2 Å². The fraction of sp³-hybridized carbons (Fsp3) is 0.312. The molecule has 1 aliphatic heterocycles. The molecule has 4 N–H and O–H groups in total. The zero-order chi connectivity index (χ0) is 16.5. The lowest BCUT2D eigenvalue weighted by molar-refractivity contribution is 0.218. The number of hydrogen-bond donors (Lipinski definition) is 3. The first kappa shape index (κ1) is 14.6. The summed E-state index contributed by atoms with van der Waals surface area (Å²) in [4.78, 5) is 15.5. The van der Waals surface area contributed by atoms with Gasteiger partial charge in [0.2, 0.25) is 5.95 Å². The molecule has 124 valence electrons. The van der Waals surface area contributed by atoms with Gasteiger partial charge in [0.25, 0.3) is 0 Å². The van der Waals surface area contributed by atoms with E-state index in [2.05, 4.69) is 31.3 Å². The lowest BCUT2D eigenvalue weighted by atomic mass is 9.96. The van der Waals surface area contributed by atoms with Crippen LogP contribution >= 0.6 is 0 Å². The van der Waals surface area contributed by atoms with Crippen LogP contribution in [0.15, 0.2) is 24.5 Å². The van der Waals surface area contributed by atoms with Gasteiger partial charge < -0.3 is 25.5 Å². The molecule has 24 heavy (non-hydrogen) atoms. The van der Waals surface area contributed by atoms with Crippen LogP contribution in [0.1, 0.15) is 5.56 Å². The van der Waals surface area contributed by atoms with Gasteiger partial charge in [0.1, 0.15) is 5.52 Å². The summed E-state index contributed by atoms with van der Waals surface area (Å²) in [5.74, 6) is 2.80. The minimum absolute atomic E-state index is 0.201. The summed E-state index contributed by atoms with van der Waals surface area (Å²) in [5.41, 5.74) is 8.20. The van der Waals surface area contributed by atoms with Crippen LogP contribution in [0.3, 0.4) is 0 Å². The number of imidazole rings is 1. The number of fused-ring (bicyclic) bond motifs is 2. The maximum Gasteiger partial charge on any atom is 0.224 e. The Morgan fingerprint density at radius 1 is 1.42 bits per heavy atom. The van der Waals surface area contributed by atoms with Crippen LogP contribution in [-0.4, -0.2) is 40.2 Å². The lowest BCUT2D eigenvalue weighted by Gasteiger charge is -2.26. The standard InChI is InChI=1S/C16H18N6O2/c1-23-11-4-2-3-10-5-9(7-24-13(10)11)6-18-14-12-15(20-8-19-12)22-16(17)21-14/h2-4,8-9H,5-7H2,1H3,(H4,17,18,19,20,21,22). The van der Waals surface area contributed by atoms with E-state index in [4.69, 9.17) is 15.2 Å². The van der Waals surface area contributed by atoms with E-state index in [1.807, 2.05) is 12.1 Å². The summed E-state index contributed by atoms with van der Waals surface area (Å²) in [6.07, 6.45) is 2.49. The van der Waals surface area contributed by atoms with Crippen molar-refractivity contribution < 1.29 is 9.47 Å². The second-order valence-electron chi connectivity index (χ2n) is 5.74. The first-order chi connectivity index (χ1) is 11.7. The van der Waals surface area contributed by atoms with Crippen molar-refractivity contribution in [2.45, 2.75) is 6.42 Å². The van der Waals surface area contributed by atoms with Crippen LogP contribution in [0.4, 0.5) is 11.8 Å². The maximum absolute atomic E-state index is 5.90. The van der Waals surface area contributed by atoms with E-state index < -0.39 is 0 Å². The van der Waals surface area contributed by atoms with Gasteiger partial charge in [-0.1, -0.05) is 12.1 Å². The predicted octanol–water partition coefficient (Wildman–Crippen LogP) is 1.61. The molecular formula is C16H18N6O2. The summed E-state index contributed by atoms with van der Waals surface area (Å²) >= 11 is 0. The molecule has 0 bridgehead atoms. The third-order valence-electron chi connectivity index (χ3n) is 4.11. The Bertz CT molecular complexity index is 878. The van der Waals surface area contributed by atoms with Crippen LogP contribution < -0.4 is 20.5 Å². The van der Waals surface area contributed by atoms with Crippen molar-refractivity contribution in [3.8, 4) is 11.5 Å². The minimum atomic E-state index is 0.201. The van der Waals surface area contributed by atoms with Gasteiger partial charge in [-0.05, 0) is 18.1 Å². The quantitative estimate of drug-likeness (QED) is 0.668. The highest BCUT2D eigenvalue weighted by Crippen LogP contribution is 2.36. The molecule has 8 heteroatoms. The second-order valence-corrected chi connectivity index (χ2v) is 5.74. The fourth-order valence-electron chi connectivity index (χ4n) is 2.97. The molecular weight excluding hydrogens is 308 g/mol. The molecule has 0 radical (unpaired) electrons. The molecule has 0 aliphatic carbocycles. The molecule has 1 aromatic carbocycles. The molecule has 3 aromatic rings. The first-order valence-electron chi connectivity index (χ1n) is 7.73. The topological polar surface area (TPSA) is 111 Å². The highest BCUT2D eigenvalue weighted by atomic mass is 16.5.